The Balaban J connectivity index is 2.56. The number of nitrogens with zero attached hydrogens (tertiary/aromatic N) is 1. The summed E-state index contributed by atoms with van der Waals surface area (Å²) in [5, 5.41) is 0. The highest BCUT2D eigenvalue weighted by Crippen LogP contribution is 2.44. The summed E-state index contributed by atoms with van der Waals surface area (Å²) >= 11 is 0. The van der Waals surface area contributed by atoms with Crippen molar-refractivity contribution in [2.75, 3.05) is 19.5 Å². The molecule has 0 saturated carbocycles. The van der Waals surface area contributed by atoms with Gasteiger partial charge in [0.2, 0.25) is 13.3 Å². The first kappa shape index (κ1) is 13.7. The zero-order valence-corrected chi connectivity index (χ0v) is 11.3. The Kier molecular flexibility index (Phi) is 5.00. The van der Waals surface area contributed by atoms with Crippen molar-refractivity contribution in [2.24, 2.45) is 0 Å². The van der Waals surface area contributed by atoms with Crippen molar-refractivity contribution in [2.45, 2.75) is 45.6 Å². The van der Waals surface area contributed by atoms with E-state index in [0.29, 0.717) is 6.42 Å². The molecular weight excluding hydrogens is 225 g/mol. The molecule has 0 aromatic rings. The number of hydrogen-bond donors (Lipinski definition) is 0. The maximum absolute atomic E-state index is 12.1. The van der Waals surface area contributed by atoms with Crippen LogP contribution in [-0.4, -0.2) is 36.4 Å². The minimum absolute atomic E-state index is 0.0575. The third-order valence-electron chi connectivity index (χ3n) is 2.53. The number of carbonyl (C=O) groups is 1. The maximum Gasteiger partial charge on any atom is 0.223 e. The highest BCUT2D eigenvalue weighted by atomic mass is 31.2. The van der Waals surface area contributed by atoms with E-state index in [1.54, 1.807) is 11.6 Å². The first-order chi connectivity index (χ1) is 7.41. The Morgan fingerprint density at radius 1 is 1.38 bits per heavy atom. The van der Waals surface area contributed by atoms with Gasteiger partial charge in [0, 0.05) is 19.6 Å². The molecule has 1 amide bonds. The van der Waals surface area contributed by atoms with Crippen LogP contribution in [0.15, 0.2) is 0 Å². The van der Waals surface area contributed by atoms with E-state index in [-0.39, 0.29) is 18.3 Å². The van der Waals surface area contributed by atoms with E-state index in [2.05, 4.69) is 0 Å². The predicted octanol–water partition coefficient (Wildman–Crippen LogP) is 2.68. The van der Waals surface area contributed by atoms with Crippen LogP contribution in [0.25, 0.3) is 0 Å². The molecule has 4 nitrogen and oxygen atoms in total. The summed E-state index contributed by atoms with van der Waals surface area (Å²) in [5.41, 5.74) is 0. The van der Waals surface area contributed by atoms with Gasteiger partial charge in [-0.1, -0.05) is 6.42 Å². The molecule has 16 heavy (non-hydrogen) atoms. The van der Waals surface area contributed by atoms with E-state index in [1.807, 2.05) is 13.8 Å². The van der Waals surface area contributed by atoms with Crippen LogP contribution in [0.2, 0.25) is 0 Å². The Morgan fingerprint density at radius 3 is 2.69 bits per heavy atom. The van der Waals surface area contributed by atoms with E-state index in [0.717, 1.165) is 25.8 Å². The smallest absolute Gasteiger partial charge is 0.223 e. The molecule has 0 radical (unpaired) electrons. The fraction of sp³-hybridized carbons (Fsp3) is 0.909. The summed E-state index contributed by atoms with van der Waals surface area (Å²) in [6, 6.07) is 0. The monoisotopic (exact) mass is 247 g/mol. The lowest BCUT2D eigenvalue weighted by molar-refractivity contribution is -0.129. The third kappa shape index (κ3) is 4.67. The minimum atomic E-state index is -2.67. The second kappa shape index (κ2) is 5.83. The van der Waals surface area contributed by atoms with Gasteiger partial charge in [0.05, 0.1) is 12.4 Å². The van der Waals surface area contributed by atoms with Gasteiger partial charge in [-0.3, -0.25) is 9.36 Å². The van der Waals surface area contributed by atoms with Crippen molar-refractivity contribution in [3.05, 3.63) is 0 Å². The van der Waals surface area contributed by atoms with Gasteiger partial charge in [-0.15, -0.1) is 0 Å². The van der Waals surface area contributed by atoms with Gasteiger partial charge in [0.15, 0.2) is 0 Å². The quantitative estimate of drug-likeness (QED) is 0.717. The molecule has 1 unspecified atom stereocenters. The molecule has 0 bridgehead atoms. The molecule has 1 heterocycles. The van der Waals surface area contributed by atoms with Crippen molar-refractivity contribution in [1.29, 1.82) is 0 Å². The van der Waals surface area contributed by atoms with Crippen LogP contribution in [0.5, 0.6) is 0 Å². The first-order valence-electron chi connectivity index (χ1n) is 5.93. The molecule has 0 aromatic carbocycles. The van der Waals surface area contributed by atoms with E-state index < -0.39 is 7.37 Å². The number of hydrogen-bond acceptors (Lipinski definition) is 3. The SMILES string of the molecule is CC(C)OP(C)(=O)CN1CCCCCC1=O. The number of carbonyl (C=O) groups excluding carboxylic acids is 1. The van der Waals surface area contributed by atoms with Gasteiger partial charge in [0.1, 0.15) is 0 Å². The zero-order chi connectivity index (χ0) is 12.2. The molecule has 1 saturated heterocycles. The van der Waals surface area contributed by atoms with Gasteiger partial charge in [-0.2, -0.15) is 0 Å². The lowest BCUT2D eigenvalue weighted by atomic mass is 10.2. The molecule has 1 aliphatic rings. The Labute approximate surface area is 97.8 Å². The fourth-order valence-electron chi connectivity index (χ4n) is 1.98. The van der Waals surface area contributed by atoms with Crippen LogP contribution < -0.4 is 0 Å². The summed E-state index contributed by atoms with van der Waals surface area (Å²) in [5.74, 6) is 0.118. The molecule has 1 atom stereocenters. The zero-order valence-electron chi connectivity index (χ0n) is 10.4. The van der Waals surface area contributed by atoms with E-state index in [4.69, 9.17) is 4.52 Å². The average Bonchev–Trinajstić information content (AvgIpc) is 2.29. The molecule has 0 N–H and O–H groups in total. The normalized spacial score (nSPS) is 22.0. The van der Waals surface area contributed by atoms with E-state index in [9.17, 15) is 9.36 Å². The molecule has 0 aliphatic carbocycles. The van der Waals surface area contributed by atoms with E-state index in [1.165, 1.54) is 0 Å². The molecule has 0 spiro atoms. The lowest BCUT2D eigenvalue weighted by Gasteiger charge is -2.25. The van der Waals surface area contributed by atoms with E-state index >= 15 is 0 Å². The summed E-state index contributed by atoms with van der Waals surface area (Å²) in [7, 11) is -2.67. The van der Waals surface area contributed by atoms with Crippen LogP contribution in [-0.2, 0) is 13.9 Å². The van der Waals surface area contributed by atoms with Gasteiger partial charge in [0.25, 0.3) is 0 Å². The van der Waals surface area contributed by atoms with Crippen molar-refractivity contribution in [3.8, 4) is 0 Å². The number of rotatable bonds is 4. The van der Waals surface area contributed by atoms with Crippen LogP contribution in [0.4, 0.5) is 0 Å². The van der Waals surface area contributed by atoms with Crippen LogP contribution in [0.1, 0.15) is 39.5 Å². The van der Waals surface area contributed by atoms with Crippen molar-refractivity contribution >= 4 is 13.3 Å². The second-order valence-electron chi connectivity index (χ2n) is 4.78. The third-order valence-corrected chi connectivity index (χ3v) is 4.26. The summed E-state index contributed by atoms with van der Waals surface area (Å²) < 4.78 is 17.5. The fourth-order valence-corrected chi connectivity index (χ4v) is 3.86. The first-order valence-corrected chi connectivity index (χ1v) is 8.19. The number of likely N-dealkylation sites (tertiary alicyclic amines) is 1. The van der Waals surface area contributed by atoms with Gasteiger partial charge >= 0.3 is 0 Å². The second-order valence-corrected chi connectivity index (χ2v) is 7.30. The number of amides is 1. The molecule has 1 aliphatic heterocycles. The molecule has 1 rings (SSSR count). The van der Waals surface area contributed by atoms with Crippen molar-refractivity contribution < 1.29 is 13.9 Å². The van der Waals surface area contributed by atoms with Crippen molar-refractivity contribution in [3.63, 3.8) is 0 Å². The molecule has 5 heteroatoms. The Morgan fingerprint density at radius 2 is 2.06 bits per heavy atom. The lowest BCUT2D eigenvalue weighted by Crippen LogP contribution is -2.31. The van der Waals surface area contributed by atoms with Gasteiger partial charge in [-0.25, -0.2) is 0 Å². The Hall–Kier alpha value is -0.340. The average molecular weight is 247 g/mol. The van der Waals surface area contributed by atoms with Crippen LogP contribution >= 0.6 is 7.37 Å². The van der Waals surface area contributed by atoms with Crippen molar-refractivity contribution in [1.82, 2.24) is 4.90 Å². The molecule has 1 fully saturated rings. The van der Waals surface area contributed by atoms with Crippen LogP contribution in [0, 0.1) is 0 Å². The highest BCUT2D eigenvalue weighted by molar-refractivity contribution is 7.58. The summed E-state index contributed by atoms with van der Waals surface area (Å²) in [6.45, 7) is 6.06. The molecular formula is C11H22NO3P. The topological polar surface area (TPSA) is 46.6 Å². The molecule has 0 aromatic heterocycles. The Bertz CT molecular complexity index is 291. The van der Waals surface area contributed by atoms with Crippen LogP contribution in [0.3, 0.4) is 0 Å². The predicted molar refractivity (Wildman–Crippen MR) is 64.8 cm³/mol. The largest absolute Gasteiger partial charge is 0.333 e. The highest BCUT2D eigenvalue weighted by Gasteiger charge is 2.26. The summed E-state index contributed by atoms with van der Waals surface area (Å²) in [6.07, 6.45) is 3.84. The summed E-state index contributed by atoms with van der Waals surface area (Å²) in [4.78, 5) is 13.4. The minimum Gasteiger partial charge on any atom is -0.333 e. The van der Waals surface area contributed by atoms with Gasteiger partial charge < -0.3 is 9.42 Å². The molecule has 94 valence electrons. The standard InChI is InChI=1S/C11H22NO3P/c1-10(2)15-16(3,14)9-12-8-6-4-5-7-11(12)13/h10H,4-9H2,1-3H3. The van der Waals surface area contributed by atoms with Gasteiger partial charge in [-0.05, 0) is 26.7 Å². The maximum atomic E-state index is 12.1.